The first-order valence-electron chi connectivity index (χ1n) is 4.72. The first kappa shape index (κ1) is 8.57. The molecular weight excluding hydrogens is 162 g/mol. The Bertz CT molecular complexity index is 309. The van der Waals surface area contributed by atoms with E-state index in [1.165, 1.54) is 17.5 Å². The van der Waals surface area contributed by atoms with Crippen LogP contribution in [0.2, 0.25) is 0 Å². The fourth-order valence-corrected chi connectivity index (χ4v) is 2.16. The lowest BCUT2D eigenvalue weighted by molar-refractivity contribution is 0.407. The first-order chi connectivity index (χ1) is 6.36. The number of hydrogen-bond donors (Lipinski definition) is 1. The molecule has 70 valence electrons. The van der Waals surface area contributed by atoms with Crippen LogP contribution < -0.4 is 10.5 Å². The van der Waals surface area contributed by atoms with Crippen molar-refractivity contribution in [3.8, 4) is 5.75 Å². The van der Waals surface area contributed by atoms with Gasteiger partial charge in [-0.05, 0) is 31.0 Å². The van der Waals surface area contributed by atoms with Gasteiger partial charge in [-0.15, -0.1) is 0 Å². The fourth-order valence-electron chi connectivity index (χ4n) is 2.16. The van der Waals surface area contributed by atoms with Crippen LogP contribution in [0.25, 0.3) is 0 Å². The number of methoxy groups -OCH3 is 1. The second kappa shape index (κ2) is 3.38. The molecule has 0 aliphatic heterocycles. The Balaban J connectivity index is 2.46. The largest absolute Gasteiger partial charge is 0.496 e. The minimum Gasteiger partial charge on any atom is -0.496 e. The number of benzene rings is 1. The Morgan fingerprint density at radius 1 is 1.54 bits per heavy atom. The Morgan fingerprint density at radius 3 is 3.08 bits per heavy atom. The summed E-state index contributed by atoms with van der Waals surface area (Å²) in [6.45, 7) is 0.730. The lowest BCUT2D eigenvalue weighted by Crippen LogP contribution is -2.10. The molecule has 0 fully saturated rings. The molecule has 0 saturated heterocycles. The van der Waals surface area contributed by atoms with Gasteiger partial charge >= 0.3 is 0 Å². The Morgan fingerprint density at radius 2 is 2.38 bits per heavy atom. The summed E-state index contributed by atoms with van der Waals surface area (Å²) in [5.74, 6) is 1.51. The highest BCUT2D eigenvalue weighted by atomic mass is 16.5. The van der Waals surface area contributed by atoms with Crippen LogP contribution in [0, 0.1) is 0 Å². The van der Waals surface area contributed by atoms with Crippen LogP contribution in [-0.4, -0.2) is 13.7 Å². The van der Waals surface area contributed by atoms with Gasteiger partial charge in [-0.3, -0.25) is 0 Å². The third kappa shape index (κ3) is 1.31. The number of ether oxygens (including phenoxy) is 1. The molecule has 0 radical (unpaired) electrons. The van der Waals surface area contributed by atoms with Gasteiger partial charge in [-0.25, -0.2) is 0 Å². The zero-order chi connectivity index (χ0) is 9.26. The normalized spacial score (nSPS) is 20.0. The number of aryl methyl sites for hydroxylation is 1. The molecule has 0 heterocycles. The predicted octanol–water partition coefficient (Wildman–Crippen LogP) is 1.68. The second-order valence-corrected chi connectivity index (χ2v) is 3.50. The van der Waals surface area contributed by atoms with Crippen LogP contribution in [0.3, 0.4) is 0 Å². The maximum atomic E-state index is 5.72. The van der Waals surface area contributed by atoms with Crippen LogP contribution in [0.5, 0.6) is 5.75 Å². The van der Waals surface area contributed by atoms with E-state index < -0.39 is 0 Å². The van der Waals surface area contributed by atoms with E-state index in [0.717, 1.165) is 18.7 Å². The number of hydrogen-bond acceptors (Lipinski definition) is 2. The Labute approximate surface area is 78.7 Å². The minimum absolute atomic E-state index is 0.506. The van der Waals surface area contributed by atoms with Gasteiger partial charge in [0.1, 0.15) is 5.75 Å². The Kier molecular flexibility index (Phi) is 2.23. The van der Waals surface area contributed by atoms with Crippen molar-refractivity contribution >= 4 is 0 Å². The van der Waals surface area contributed by atoms with E-state index in [1.54, 1.807) is 7.11 Å². The number of fused-ring (bicyclic) bond motifs is 1. The molecular formula is C11H15NO. The second-order valence-electron chi connectivity index (χ2n) is 3.50. The van der Waals surface area contributed by atoms with Gasteiger partial charge in [0.25, 0.3) is 0 Å². The quantitative estimate of drug-likeness (QED) is 0.746. The van der Waals surface area contributed by atoms with Crippen molar-refractivity contribution in [2.24, 2.45) is 5.73 Å². The highest BCUT2D eigenvalue weighted by Crippen LogP contribution is 2.38. The average molecular weight is 177 g/mol. The molecule has 1 aliphatic rings. The monoisotopic (exact) mass is 177 g/mol. The molecule has 2 heteroatoms. The summed E-state index contributed by atoms with van der Waals surface area (Å²) in [7, 11) is 1.72. The minimum atomic E-state index is 0.506. The third-order valence-corrected chi connectivity index (χ3v) is 2.83. The summed E-state index contributed by atoms with van der Waals surface area (Å²) in [5.41, 5.74) is 8.47. The van der Waals surface area contributed by atoms with Gasteiger partial charge in [-0.2, -0.15) is 0 Å². The van der Waals surface area contributed by atoms with E-state index in [9.17, 15) is 0 Å². The van der Waals surface area contributed by atoms with Crippen molar-refractivity contribution in [3.05, 3.63) is 29.3 Å². The average Bonchev–Trinajstić information content (AvgIpc) is 2.60. The highest BCUT2D eigenvalue weighted by molar-refractivity contribution is 5.46. The fraction of sp³-hybridized carbons (Fsp3) is 0.455. The van der Waals surface area contributed by atoms with Crippen LogP contribution >= 0.6 is 0 Å². The van der Waals surface area contributed by atoms with Crippen molar-refractivity contribution in [2.75, 3.05) is 13.7 Å². The van der Waals surface area contributed by atoms with E-state index in [0.29, 0.717) is 5.92 Å². The van der Waals surface area contributed by atoms with Gasteiger partial charge in [0, 0.05) is 11.5 Å². The third-order valence-electron chi connectivity index (χ3n) is 2.83. The van der Waals surface area contributed by atoms with Gasteiger partial charge in [0.05, 0.1) is 7.11 Å². The maximum absolute atomic E-state index is 5.72. The molecule has 1 aliphatic carbocycles. The van der Waals surface area contributed by atoms with E-state index in [-0.39, 0.29) is 0 Å². The van der Waals surface area contributed by atoms with E-state index in [1.807, 2.05) is 6.07 Å². The predicted molar refractivity (Wildman–Crippen MR) is 53.1 cm³/mol. The van der Waals surface area contributed by atoms with Crippen LogP contribution in [0.1, 0.15) is 23.5 Å². The summed E-state index contributed by atoms with van der Waals surface area (Å²) in [5, 5.41) is 0. The van der Waals surface area contributed by atoms with Gasteiger partial charge in [0.15, 0.2) is 0 Å². The molecule has 2 nitrogen and oxygen atoms in total. The SMILES string of the molecule is COc1cccc2c1[C@@H](CN)CC2. The summed E-state index contributed by atoms with van der Waals surface area (Å²) >= 11 is 0. The van der Waals surface area contributed by atoms with Gasteiger partial charge in [0.2, 0.25) is 0 Å². The van der Waals surface area contributed by atoms with Crippen LogP contribution in [0.4, 0.5) is 0 Å². The van der Waals surface area contributed by atoms with E-state index >= 15 is 0 Å². The van der Waals surface area contributed by atoms with Crippen molar-refractivity contribution < 1.29 is 4.74 Å². The molecule has 0 amide bonds. The zero-order valence-corrected chi connectivity index (χ0v) is 7.92. The molecule has 1 aromatic rings. The molecule has 1 aromatic carbocycles. The molecule has 0 spiro atoms. The standard InChI is InChI=1S/C11H15NO/c1-13-10-4-2-3-8-5-6-9(7-12)11(8)10/h2-4,9H,5-7,12H2,1H3/t9-/m1/s1. The molecule has 2 N–H and O–H groups in total. The Hall–Kier alpha value is -1.02. The number of nitrogens with two attached hydrogens (primary N) is 1. The molecule has 2 rings (SSSR count). The van der Waals surface area contributed by atoms with Crippen molar-refractivity contribution in [1.82, 2.24) is 0 Å². The van der Waals surface area contributed by atoms with E-state index in [4.69, 9.17) is 10.5 Å². The lowest BCUT2D eigenvalue weighted by Gasteiger charge is -2.12. The smallest absolute Gasteiger partial charge is 0.122 e. The summed E-state index contributed by atoms with van der Waals surface area (Å²) in [4.78, 5) is 0. The molecule has 1 atom stereocenters. The molecule has 0 bridgehead atoms. The number of rotatable bonds is 2. The lowest BCUT2D eigenvalue weighted by atomic mass is 10.0. The first-order valence-corrected chi connectivity index (χ1v) is 4.72. The maximum Gasteiger partial charge on any atom is 0.122 e. The topological polar surface area (TPSA) is 35.2 Å². The zero-order valence-electron chi connectivity index (χ0n) is 7.92. The van der Waals surface area contributed by atoms with Crippen LogP contribution in [-0.2, 0) is 6.42 Å². The van der Waals surface area contributed by atoms with Crippen LogP contribution in [0.15, 0.2) is 18.2 Å². The molecule has 13 heavy (non-hydrogen) atoms. The molecule has 0 saturated carbocycles. The molecule has 0 unspecified atom stereocenters. The van der Waals surface area contributed by atoms with Gasteiger partial charge in [-0.1, -0.05) is 12.1 Å². The molecule has 0 aromatic heterocycles. The van der Waals surface area contributed by atoms with E-state index in [2.05, 4.69) is 12.1 Å². The van der Waals surface area contributed by atoms with Crippen molar-refractivity contribution in [3.63, 3.8) is 0 Å². The summed E-state index contributed by atoms with van der Waals surface area (Å²) < 4.78 is 5.33. The highest BCUT2D eigenvalue weighted by Gasteiger charge is 2.24. The summed E-state index contributed by atoms with van der Waals surface area (Å²) in [6, 6.07) is 6.25. The van der Waals surface area contributed by atoms with Crippen molar-refractivity contribution in [2.45, 2.75) is 18.8 Å². The summed E-state index contributed by atoms with van der Waals surface area (Å²) in [6.07, 6.45) is 2.32. The van der Waals surface area contributed by atoms with Gasteiger partial charge < -0.3 is 10.5 Å². The van der Waals surface area contributed by atoms with Crippen molar-refractivity contribution in [1.29, 1.82) is 0 Å².